The van der Waals surface area contributed by atoms with E-state index in [1.54, 1.807) is 22.7 Å². The lowest BCUT2D eigenvalue weighted by Crippen LogP contribution is -2.46. The molecule has 1 aromatic heterocycles. The molecule has 2 amide bonds. The van der Waals surface area contributed by atoms with E-state index in [-0.39, 0.29) is 18.0 Å². The highest BCUT2D eigenvalue weighted by atomic mass is 16.6. The average Bonchev–Trinajstić information content (AvgIpc) is 3.17. The number of carbonyl (C=O) groups is 2. The van der Waals surface area contributed by atoms with Crippen LogP contribution < -0.4 is 10.6 Å². The first-order chi connectivity index (χ1) is 13.2. The summed E-state index contributed by atoms with van der Waals surface area (Å²) in [5.41, 5.74) is 0.336. The Bertz CT molecular complexity index is 622. The van der Waals surface area contributed by atoms with Gasteiger partial charge in [-0.3, -0.25) is 14.4 Å². The SMILES string of the molecule is CCOC(=O)N1CCC(NC(=O)c2cn(CCN3CCNCC3)nn2)CC1. The maximum atomic E-state index is 12.4. The van der Waals surface area contributed by atoms with E-state index in [4.69, 9.17) is 4.74 Å². The van der Waals surface area contributed by atoms with Crippen molar-refractivity contribution in [2.45, 2.75) is 32.4 Å². The van der Waals surface area contributed by atoms with Gasteiger partial charge in [0.1, 0.15) is 0 Å². The second kappa shape index (κ2) is 9.65. The standard InChI is InChI=1S/C17H29N7O3/c1-2-27-17(26)23-7-3-14(4-8-23)19-16(25)15-13-24(21-20-15)12-11-22-9-5-18-6-10-22/h13-14,18H,2-12H2,1H3,(H,19,25). The summed E-state index contributed by atoms with van der Waals surface area (Å²) < 4.78 is 6.73. The molecule has 3 rings (SSSR count). The predicted octanol–water partition coefficient (Wildman–Crippen LogP) is -0.466. The summed E-state index contributed by atoms with van der Waals surface area (Å²) in [4.78, 5) is 28.2. The summed E-state index contributed by atoms with van der Waals surface area (Å²) in [7, 11) is 0. The molecular weight excluding hydrogens is 350 g/mol. The quantitative estimate of drug-likeness (QED) is 0.689. The maximum absolute atomic E-state index is 12.4. The van der Waals surface area contributed by atoms with Crippen molar-refractivity contribution in [3.05, 3.63) is 11.9 Å². The van der Waals surface area contributed by atoms with Crippen LogP contribution in [0.3, 0.4) is 0 Å². The highest BCUT2D eigenvalue weighted by molar-refractivity contribution is 5.92. The molecule has 2 aliphatic heterocycles. The lowest BCUT2D eigenvalue weighted by molar-refractivity contribution is 0.0856. The molecule has 2 N–H and O–H groups in total. The zero-order valence-electron chi connectivity index (χ0n) is 15.9. The van der Waals surface area contributed by atoms with Gasteiger partial charge >= 0.3 is 6.09 Å². The van der Waals surface area contributed by atoms with E-state index in [1.807, 2.05) is 0 Å². The third kappa shape index (κ3) is 5.64. The molecule has 0 atom stereocenters. The third-order valence-corrected chi connectivity index (χ3v) is 4.98. The summed E-state index contributed by atoms with van der Waals surface area (Å²) >= 11 is 0. The molecule has 0 aliphatic carbocycles. The van der Waals surface area contributed by atoms with Gasteiger partial charge in [-0.05, 0) is 19.8 Å². The monoisotopic (exact) mass is 379 g/mol. The highest BCUT2D eigenvalue weighted by Crippen LogP contribution is 2.12. The Hall–Kier alpha value is -2.20. The van der Waals surface area contributed by atoms with E-state index in [9.17, 15) is 9.59 Å². The van der Waals surface area contributed by atoms with Crippen LogP contribution in [-0.2, 0) is 11.3 Å². The van der Waals surface area contributed by atoms with Crippen molar-refractivity contribution in [2.24, 2.45) is 0 Å². The van der Waals surface area contributed by atoms with Crippen molar-refractivity contribution in [1.82, 2.24) is 35.4 Å². The lowest BCUT2D eigenvalue weighted by atomic mass is 10.1. The zero-order valence-corrected chi connectivity index (χ0v) is 15.9. The molecule has 0 unspecified atom stereocenters. The first-order valence-electron chi connectivity index (χ1n) is 9.71. The summed E-state index contributed by atoms with van der Waals surface area (Å²) in [5.74, 6) is -0.210. The fraction of sp³-hybridized carbons (Fsp3) is 0.765. The molecular formula is C17H29N7O3. The molecule has 1 aromatic rings. The Morgan fingerprint density at radius 3 is 2.67 bits per heavy atom. The minimum Gasteiger partial charge on any atom is -0.450 e. The second-order valence-electron chi connectivity index (χ2n) is 6.89. The summed E-state index contributed by atoms with van der Waals surface area (Å²) in [6, 6.07) is 0.0363. The van der Waals surface area contributed by atoms with Crippen LogP contribution >= 0.6 is 0 Å². The number of rotatable bonds is 6. The van der Waals surface area contributed by atoms with E-state index in [2.05, 4.69) is 25.8 Å². The second-order valence-corrected chi connectivity index (χ2v) is 6.89. The van der Waals surface area contributed by atoms with Gasteiger partial charge in [0.25, 0.3) is 5.91 Å². The molecule has 0 aromatic carbocycles. The molecule has 2 saturated heterocycles. The number of piperidine rings is 1. The molecule has 2 aliphatic rings. The zero-order chi connectivity index (χ0) is 19.1. The molecule has 27 heavy (non-hydrogen) atoms. The van der Waals surface area contributed by atoms with Gasteiger partial charge in [-0.25, -0.2) is 4.79 Å². The number of likely N-dealkylation sites (tertiary alicyclic amines) is 1. The van der Waals surface area contributed by atoms with E-state index in [1.165, 1.54) is 0 Å². The number of nitrogens with one attached hydrogen (secondary N) is 2. The largest absolute Gasteiger partial charge is 0.450 e. The number of ether oxygens (including phenoxy) is 1. The van der Waals surface area contributed by atoms with E-state index in [0.717, 1.165) is 39.3 Å². The minimum atomic E-state index is -0.283. The summed E-state index contributed by atoms with van der Waals surface area (Å²) in [5, 5.41) is 14.4. The van der Waals surface area contributed by atoms with E-state index in [0.29, 0.717) is 38.2 Å². The Labute approximate surface area is 159 Å². The molecule has 3 heterocycles. The van der Waals surface area contributed by atoms with Crippen molar-refractivity contribution in [1.29, 1.82) is 0 Å². The van der Waals surface area contributed by atoms with Crippen LogP contribution in [0.1, 0.15) is 30.3 Å². The van der Waals surface area contributed by atoms with Gasteiger partial charge in [-0.15, -0.1) is 5.10 Å². The predicted molar refractivity (Wildman–Crippen MR) is 98.4 cm³/mol. The number of carbonyl (C=O) groups excluding carboxylic acids is 2. The van der Waals surface area contributed by atoms with Crippen LogP contribution in [0.5, 0.6) is 0 Å². The van der Waals surface area contributed by atoms with Crippen molar-refractivity contribution in [3.8, 4) is 0 Å². The molecule has 10 heteroatoms. The van der Waals surface area contributed by atoms with Gasteiger partial charge < -0.3 is 20.3 Å². The summed E-state index contributed by atoms with van der Waals surface area (Å²) in [6.45, 7) is 9.06. The molecule has 0 saturated carbocycles. The number of piperazine rings is 1. The van der Waals surface area contributed by atoms with E-state index >= 15 is 0 Å². The molecule has 0 spiro atoms. The van der Waals surface area contributed by atoms with Gasteiger partial charge in [0.2, 0.25) is 0 Å². The molecule has 150 valence electrons. The van der Waals surface area contributed by atoms with Crippen molar-refractivity contribution in [2.75, 3.05) is 52.4 Å². The Morgan fingerprint density at radius 1 is 1.22 bits per heavy atom. The first-order valence-corrected chi connectivity index (χ1v) is 9.71. The van der Waals surface area contributed by atoms with Gasteiger partial charge in [0.05, 0.1) is 19.3 Å². The number of hydrogen-bond acceptors (Lipinski definition) is 7. The van der Waals surface area contributed by atoms with Crippen LogP contribution in [0.4, 0.5) is 4.79 Å². The fourth-order valence-electron chi connectivity index (χ4n) is 3.37. The minimum absolute atomic E-state index is 0.0363. The molecule has 10 nitrogen and oxygen atoms in total. The topological polar surface area (TPSA) is 105 Å². The molecule has 0 radical (unpaired) electrons. The number of nitrogens with zero attached hydrogens (tertiary/aromatic N) is 5. The van der Waals surface area contributed by atoms with Crippen LogP contribution in [-0.4, -0.2) is 95.3 Å². The highest BCUT2D eigenvalue weighted by Gasteiger charge is 2.25. The smallest absolute Gasteiger partial charge is 0.409 e. The van der Waals surface area contributed by atoms with Crippen LogP contribution in [0, 0.1) is 0 Å². The Kier molecular flexibility index (Phi) is 6.99. The fourth-order valence-corrected chi connectivity index (χ4v) is 3.37. The van der Waals surface area contributed by atoms with Crippen molar-refractivity contribution in [3.63, 3.8) is 0 Å². The van der Waals surface area contributed by atoms with E-state index < -0.39 is 0 Å². The molecule has 2 fully saturated rings. The number of aromatic nitrogens is 3. The average molecular weight is 379 g/mol. The Morgan fingerprint density at radius 2 is 1.96 bits per heavy atom. The number of amides is 2. The third-order valence-electron chi connectivity index (χ3n) is 4.98. The number of hydrogen-bond donors (Lipinski definition) is 2. The van der Waals surface area contributed by atoms with Crippen molar-refractivity contribution >= 4 is 12.0 Å². The van der Waals surface area contributed by atoms with Crippen LogP contribution in [0.2, 0.25) is 0 Å². The Balaban J connectivity index is 1.41. The van der Waals surface area contributed by atoms with Crippen LogP contribution in [0.25, 0.3) is 0 Å². The maximum Gasteiger partial charge on any atom is 0.409 e. The summed E-state index contributed by atoms with van der Waals surface area (Å²) in [6.07, 6.45) is 2.84. The van der Waals surface area contributed by atoms with Gasteiger partial charge in [0, 0.05) is 51.9 Å². The first kappa shape index (κ1) is 19.6. The van der Waals surface area contributed by atoms with Crippen molar-refractivity contribution < 1.29 is 14.3 Å². The van der Waals surface area contributed by atoms with Gasteiger partial charge in [-0.2, -0.15) is 0 Å². The lowest BCUT2D eigenvalue weighted by Gasteiger charge is -2.31. The van der Waals surface area contributed by atoms with Crippen LogP contribution in [0.15, 0.2) is 6.20 Å². The molecule has 0 bridgehead atoms. The van der Waals surface area contributed by atoms with Gasteiger partial charge in [-0.1, -0.05) is 5.21 Å². The normalized spacial score (nSPS) is 19.1. The van der Waals surface area contributed by atoms with Gasteiger partial charge in [0.15, 0.2) is 5.69 Å².